The molecule has 0 saturated carbocycles. The highest BCUT2D eigenvalue weighted by Crippen LogP contribution is 2.33. The number of benzene rings is 2. The lowest BCUT2D eigenvalue weighted by molar-refractivity contribution is -0.161. The molecule has 0 bridgehead atoms. The van der Waals surface area contributed by atoms with Crippen molar-refractivity contribution in [1.29, 1.82) is 0 Å². The number of hydrogen-bond donors (Lipinski definition) is 1. The molecule has 0 unspecified atom stereocenters. The van der Waals surface area contributed by atoms with Gasteiger partial charge < -0.3 is 14.8 Å². The van der Waals surface area contributed by atoms with E-state index < -0.39 is 27.6 Å². The summed E-state index contributed by atoms with van der Waals surface area (Å²) in [4.78, 5) is 13.0. The minimum atomic E-state index is -3.93. The van der Waals surface area contributed by atoms with Crippen molar-refractivity contribution < 1.29 is 22.7 Å². The van der Waals surface area contributed by atoms with E-state index in [-0.39, 0.29) is 17.4 Å². The number of carbonyl (C=O) groups is 1. The fourth-order valence-electron chi connectivity index (χ4n) is 3.62. The predicted octanol–water partition coefficient (Wildman–Crippen LogP) is 4.05. The van der Waals surface area contributed by atoms with Gasteiger partial charge in [-0.2, -0.15) is 4.31 Å². The number of ether oxygens (including phenoxy) is 2. The predicted molar refractivity (Wildman–Crippen MR) is 124 cm³/mol. The van der Waals surface area contributed by atoms with Gasteiger partial charge in [-0.1, -0.05) is 44.2 Å². The molecule has 0 radical (unpaired) electrons. The number of anilines is 1. The van der Waals surface area contributed by atoms with Crippen LogP contribution in [0.1, 0.15) is 40.2 Å². The van der Waals surface area contributed by atoms with Gasteiger partial charge in [-0.05, 0) is 44.4 Å². The number of nitrogens with zero attached hydrogens (tertiary/aromatic N) is 1. The van der Waals surface area contributed by atoms with Crippen molar-refractivity contribution in [2.45, 2.75) is 57.8 Å². The first kappa shape index (κ1) is 24.1. The van der Waals surface area contributed by atoms with Gasteiger partial charge in [-0.25, -0.2) is 8.42 Å². The number of fused-ring (bicyclic) bond motifs is 1. The zero-order valence-electron chi connectivity index (χ0n) is 19.3. The van der Waals surface area contributed by atoms with Gasteiger partial charge in [0.1, 0.15) is 28.9 Å². The molecule has 174 valence electrons. The van der Waals surface area contributed by atoms with Crippen LogP contribution in [0, 0.1) is 5.92 Å². The van der Waals surface area contributed by atoms with Crippen molar-refractivity contribution in [3.8, 4) is 5.75 Å². The highest BCUT2D eigenvalue weighted by molar-refractivity contribution is 7.89. The highest BCUT2D eigenvalue weighted by Gasteiger charge is 2.41. The van der Waals surface area contributed by atoms with Crippen LogP contribution in [0.5, 0.6) is 5.75 Å². The van der Waals surface area contributed by atoms with E-state index in [0.29, 0.717) is 24.6 Å². The fourth-order valence-corrected chi connectivity index (χ4v) is 5.48. The molecule has 1 atom stereocenters. The van der Waals surface area contributed by atoms with Gasteiger partial charge in [0, 0.05) is 19.2 Å². The summed E-state index contributed by atoms with van der Waals surface area (Å²) in [6.45, 7) is 9.85. The summed E-state index contributed by atoms with van der Waals surface area (Å²) >= 11 is 0. The molecule has 0 aliphatic carbocycles. The lowest BCUT2D eigenvalue weighted by Gasteiger charge is -2.33. The molecular weight excluding hydrogens is 428 g/mol. The summed E-state index contributed by atoms with van der Waals surface area (Å²) in [5.41, 5.74) is 0.775. The lowest BCUT2D eigenvalue weighted by Crippen LogP contribution is -2.50. The SMILES string of the molecule is CC(C)[C@H](C(=O)OC(C)(C)C)N1CCNc2cc(OCc3ccccc3)ccc2S1(=O)=O. The Balaban J connectivity index is 1.88. The van der Waals surface area contributed by atoms with Crippen molar-refractivity contribution in [2.75, 3.05) is 18.4 Å². The molecule has 1 aliphatic heterocycles. The molecule has 2 aromatic rings. The summed E-state index contributed by atoms with van der Waals surface area (Å²) in [7, 11) is -3.93. The van der Waals surface area contributed by atoms with Crippen LogP contribution in [0.2, 0.25) is 0 Å². The Kier molecular flexibility index (Phi) is 7.15. The Morgan fingerprint density at radius 1 is 1.12 bits per heavy atom. The Morgan fingerprint density at radius 2 is 1.81 bits per heavy atom. The number of esters is 1. The third kappa shape index (κ3) is 5.61. The van der Waals surface area contributed by atoms with Crippen molar-refractivity contribution >= 4 is 21.7 Å². The van der Waals surface area contributed by atoms with E-state index in [4.69, 9.17) is 9.47 Å². The van der Waals surface area contributed by atoms with Crippen LogP contribution < -0.4 is 10.1 Å². The van der Waals surface area contributed by atoms with Gasteiger partial charge in [0.15, 0.2) is 0 Å². The minimum absolute atomic E-state index is 0.122. The van der Waals surface area contributed by atoms with E-state index in [2.05, 4.69) is 5.32 Å². The largest absolute Gasteiger partial charge is 0.489 e. The molecule has 2 aromatic carbocycles. The normalized spacial score (nSPS) is 17.1. The number of nitrogens with one attached hydrogen (secondary N) is 1. The van der Waals surface area contributed by atoms with Gasteiger partial charge >= 0.3 is 5.97 Å². The summed E-state index contributed by atoms with van der Waals surface area (Å²) in [5, 5.41) is 3.18. The molecule has 32 heavy (non-hydrogen) atoms. The average Bonchev–Trinajstić information content (AvgIpc) is 2.82. The van der Waals surface area contributed by atoms with Crippen LogP contribution in [-0.2, 0) is 26.2 Å². The third-order valence-electron chi connectivity index (χ3n) is 5.02. The van der Waals surface area contributed by atoms with Crippen molar-refractivity contribution in [3.05, 3.63) is 54.1 Å². The quantitative estimate of drug-likeness (QED) is 0.655. The van der Waals surface area contributed by atoms with Crippen LogP contribution in [0.25, 0.3) is 0 Å². The lowest BCUT2D eigenvalue weighted by atomic mass is 10.0. The molecule has 0 saturated heterocycles. The monoisotopic (exact) mass is 460 g/mol. The van der Waals surface area contributed by atoms with Crippen LogP contribution in [0.4, 0.5) is 5.69 Å². The molecule has 1 aliphatic rings. The van der Waals surface area contributed by atoms with E-state index >= 15 is 0 Å². The van der Waals surface area contributed by atoms with Crippen molar-refractivity contribution in [3.63, 3.8) is 0 Å². The van der Waals surface area contributed by atoms with E-state index in [1.54, 1.807) is 32.9 Å². The zero-order chi connectivity index (χ0) is 23.5. The van der Waals surface area contributed by atoms with Gasteiger partial charge in [0.25, 0.3) is 0 Å². The summed E-state index contributed by atoms with van der Waals surface area (Å²) in [6, 6.07) is 13.7. The minimum Gasteiger partial charge on any atom is -0.489 e. The molecule has 0 aromatic heterocycles. The number of carbonyl (C=O) groups excluding carboxylic acids is 1. The van der Waals surface area contributed by atoms with Crippen LogP contribution >= 0.6 is 0 Å². The number of rotatable bonds is 6. The van der Waals surface area contributed by atoms with Gasteiger partial charge in [-0.15, -0.1) is 0 Å². The van der Waals surface area contributed by atoms with E-state index in [1.807, 2.05) is 44.2 Å². The Labute approximate surface area is 190 Å². The topological polar surface area (TPSA) is 84.9 Å². The molecule has 8 heteroatoms. The number of hydrogen-bond acceptors (Lipinski definition) is 6. The molecule has 3 rings (SSSR count). The molecule has 1 heterocycles. The number of sulfonamides is 1. The first-order valence-corrected chi connectivity index (χ1v) is 12.2. The molecule has 0 spiro atoms. The maximum Gasteiger partial charge on any atom is 0.325 e. The van der Waals surface area contributed by atoms with E-state index in [9.17, 15) is 13.2 Å². The molecule has 0 fully saturated rings. The maximum atomic E-state index is 13.6. The zero-order valence-corrected chi connectivity index (χ0v) is 20.1. The smallest absolute Gasteiger partial charge is 0.325 e. The van der Waals surface area contributed by atoms with Crippen LogP contribution in [-0.4, -0.2) is 43.4 Å². The standard InChI is InChI=1S/C24H32N2O5S/c1-17(2)22(23(27)31-24(3,4)5)26-14-13-25-20-15-19(11-12-21(20)32(26,28)29)30-16-18-9-7-6-8-10-18/h6-12,15,17,22,25H,13-14,16H2,1-5H3/t22-/m1/s1. The Morgan fingerprint density at radius 3 is 2.44 bits per heavy atom. The van der Waals surface area contributed by atoms with E-state index in [0.717, 1.165) is 5.56 Å². The van der Waals surface area contributed by atoms with Crippen molar-refractivity contribution in [2.24, 2.45) is 5.92 Å². The second-order valence-corrected chi connectivity index (χ2v) is 11.1. The third-order valence-corrected chi connectivity index (χ3v) is 6.96. The first-order valence-electron chi connectivity index (χ1n) is 10.8. The second kappa shape index (κ2) is 9.50. The maximum absolute atomic E-state index is 13.6. The average molecular weight is 461 g/mol. The van der Waals surface area contributed by atoms with Crippen LogP contribution in [0.15, 0.2) is 53.4 Å². The molecule has 1 N–H and O–H groups in total. The van der Waals surface area contributed by atoms with Crippen molar-refractivity contribution in [1.82, 2.24) is 4.31 Å². The molecule has 7 nitrogen and oxygen atoms in total. The van der Waals surface area contributed by atoms with E-state index in [1.165, 1.54) is 10.4 Å². The van der Waals surface area contributed by atoms with Crippen LogP contribution in [0.3, 0.4) is 0 Å². The fraction of sp³-hybridized carbons (Fsp3) is 0.458. The first-order chi connectivity index (χ1) is 15.0. The Bertz CT molecular complexity index is 1050. The summed E-state index contributed by atoms with van der Waals surface area (Å²) in [6.07, 6.45) is 0. The van der Waals surface area contributed by atoms with Gasteiger partial charge in [0.05, 0.1) is 5.69 Å². The highest BCUT2D eigenvalue weighted by atomic mass is 32.2. The van der Waals surface area contributed by atoms with Gasteiger partial charge in [0.2, 0.25) is 10.0 Å². The molecule has 0 amide bonds. The van der Waals surface area contributed by atoms with Gasteiger partial charge in [-0.3, -0.25) is 4.79 Å². The summed E-state index contributed by atoms with van der Waals surface area (Å²) in [5.74, 6) is -0.228. The summed E-state index contributed by atoms with van der Waals surface area (Å²) < 4.78 is 39.8. The second-order valence-electron chi connectivity index (χ2n) is 9.20. The Hall–Kier alpha value is -2.58. The molecular formula is C24H32N2O5S.